The first kappa shape index (κ1) is 12.1. The third kappa shape index (κ3) is 2.68. The Hall–Kier alpha value is -1.32. The van der Waals surface area contributed by atoms with Crippen molar-refractivity contribution in [3.05, 3.63) is 36.0 Å². The molecule has 17 heavy (non-hydrogen) atoms. The molecule has 0 amide bonds. The van der Waals surface area contributed by atoms with Crippen molar-refractivity contribution < 1.29 is 5.11 Å². The number of hydrogen-bond acceptors (Lipinski definition) is 2. The maximum atomic E-state index is 8.86. The van der Waals surface area contributed by atoms with E-state index in [-0.39, 0.29) is 6.61 Å². The van der Waals surface area contributed by atoms with E-state index in [9.17, 15) is 0 Å². The minimum Gasteiger partial charge on any atom is -0.395 e. The first-order valence-corrected chi connectivity index (χ1v) is 6.04. The van der Waals surface area contributed by atoms with Crippen molar-refractivity contribution in [2.24, 2.45) is 7.05 Å². The lowest BCUT2D eigenvalue weighted by Crippen LogP contribution is -2.24. The molecule has 0 radical (unpaired) electrons. The number of aliphatic hydroxyl groups excluding tert-OH is 1. The summed E-state index contributed by atoms with van der Waals surface area (Å²) in [6, 6.07) is 8.49. The molecular weight excluding hydrogens is 212 g/mol. The van der Waals surface area contributed by atoms with Gasteiger partial charge in [0.25, 0.3) is 0 Å². The highest BCUT2D eigenvalue weighted by Gasteiger charge is 2.06. The second-order valence-corrected chi connectivity index (χ2v) is 4.56. The molecule has 0 unspecified atom stereocenters. The van der Waals surface area contributed by atoms with Gasteiger partial charge in [0.2, 0.25) is 0 Å². The van der Waals surface area contributed by atoms with Crippen molar-refractivity contribution >= 4 is 10.9 Å². The predicted molar refractivity (Wildman–Crippen MR) is 71.2 cm³/mol. The quantitative estimate of drug-likeness (QED) is 0.849. The Kier molecular flexibility index (Phi) is 3.82. The van der Waals surface area contributed by atoms with Gasteiger partial charge in [-0.2, -0.15) is 0 Å². The number of hydrogen-bond donors (Lipinski definition) is 1. The maximum Gasteiger partial charge on any atom is 0.0558 e. The van der Waals surface area contributed by atoms with Gasteiger partial charge in [0.15, 0.2) is 0 Å². The summed E-state index contributed by atoms with van der Waals surface area (Å²) in [5.74, 6) is 0. The van der Waals surface area contributed by atoms with E-state index in [0.717, 1.165) is 19.5 Å². The highest BCUT2D eigenvalue weighted by Crippen LogP contribution is 2.20. The molecule has 1 heterocycles. The molecule has 3 heteroatoms. The number of para-hydroxylation sites is 1. The molecule has 1 N–H and O–H groups in total. The summed E-state index contributed by atoms with van der Waals surface area (Å²) in [7, 11) is 4.13. The van der Waals surface area contributed by atoms with Crippen molar-refractivity contribution in [1.82, 2.24) is 9.47 Å². The lowest BCUT2D eigenvalue weighted by atomic mass is 10.1. The van der Waals surface area contributed by atoms with Gasteiger partial charge in [-0.05, 0) is 25.1 Å². The van der Waals surface area contributed by atoms with Crippen LogP contribution < -0.4 is 0 Å². The molecule has 1 aromatic heterocycles. The molecule has 0 fully saturated rings. The molecule has 0 aliphatic heterocycles. The Morgan fingerprint density at radius 1 is 1.24 bits per heavy atom. The van der Waals surface area contributed by atoms with Crippen molar-refractivity contribution in [3.63, 3.8) is 0 Å². The second-order valence-electron chi connectivity index (χ2n) is 4.56. The van der Waals surface area contributed by atoms with E-state index in [1.165, 1.54) is 16.5 Å². The Morgan fingerprint density at radius 3 is 2.76 bits per heavy atom. The number of benzene rings is 1. The van der Waals surface area contributed by atoms with Crippen LogP contribution in [0.3, 0.4) is 0 Å². The normalized spacial score (nSPS) is 11.5. The van der Waals surface area contributed by atoms with Gasteiger partial charge in [-0.3, -0.25) is 0 Å². The van der Waals surface area contributed by atoms with Crippen LogP contribution in [-0.2, 0) is 13.5 Å². The Bertz CT molecular complexity index is 490. The van der Waals surface area contributed by atoms with Gasteiger partial charge in [-0.25, -0.2) is 0 Å². The van der Waals surface area contributed by atoms with E-state index < -0.39 is 0 Å². The molecule has 0 saturated heterocycles. The Labute approximate surface area is 102 Å². The summed E-state index contributed by atoms with van der Waals surface area (Å²) in [6.45, 7) is 1.95. The van der Waals surface area contributed by atoms with Gasteiger partial charge < -0.3 is 14.6 Å². The number of fused-ring (bicyclic) bond motifs is 1. The summed E-state index contributed by atoms with van der Waals surface area (Å²) >= 11 is 0. The Balaban J connectivity index is 2.13. The molecule has 0 saturated carbocycles. The monoisotopic (exact) mass is 232 g/mol. The van der Waals surface area contributed by atoms with Crippen LogP contribution in [0.2, 0.25) is 0 Å². The molecule has 2 aromatic rings. The molecule has 3 nitrogen and oxygen atoms in total. The maximum absolute atomic E-state index is 8.86. The number of aromatic nitrogens is 1. The average Bonchev–Trinajstić information content (AvgIpc) is 2.65. The molecule has 0 spiro atoms. The van der Waals surface area contributed by atoms with Crippen LogP contribution in [-0.4, -0.2) is 41.3 Å². The smallest absolute Gasteiger partial charge is 0.0558 e. The van der Waals surface area contributed by atoms with Crippen molar-refractivity contribution in [1.29, 1.82) is 0 Å². The number of nitrogens with zero attached hydrogens (tertiary/aromatic N) is 2. The van der Waals surface area contributed by atoms with E-state index in [2.05, 4.69) is 47.0 Å². The number of rotatable bonds is 5. The molecular formula is C14H20N2O. The van der Waals surface area contributed by atoms with Crippen molar-refractivity contribution in [3.8, 4) is 0 Å². The summed E-state index contributed by atoms with van der Waals surface area (Å²) in [5, 5.41) is 10.2. The summed E-state index contributed by atoms with van der Waals surface area (Å²) < 4.78 is 2.18. The molecule has 1 aromatic carbocycles. The van der Waals surface area contributed by atoms with Crippen LogP contribution in [0.5, 0.6) is 0 Å². The third-order valence-corrected chi connectivity index (χ3v) is 3.22. The van der Waals surface area contributed by atoms with Gasteiger partial charge >= 0.3 is 0 Å². The molecule has 2 rings (SSSR count). The summed E-state index contributed by atoms with van der Waals surface area (Å²) in [6.07, 6.45) is 3.23. The standard InChI is InChI=1S/C14H20N2O/c1-15(9-10-17)8-7-12-11-16(2)14-6-4-3-5-13(12)14/h3-6,11,17H,7-10H2,1-2H3. The molecule has 0 bridgehead atoms. The number of likely N-dealkylation sites (N-methyl/N-ethyl adjacent to an activating group) is 1. The minimum atomic E-state index is 0.228. The SMILES string of the molecule is CN(CCO)CCc1cn(C)c2ccccc12. The largest absolute Gasteiger partial charge is 0.395 e. The average molecular weight is 232 g/mol. The van der Waals surface area contributed by atoms with Crippen LogP contribution in [0.1, 0.15) is 5.56 Å². The topological polar surface area (TPSA) is 28.4 Å². The highest BCUT2D eigenvalue weighted by atomic mass is 16.3. The van der Waals surface area contributed by atoms with E-state index in [0.29, 0.717) is 0 Å². The minimum absolute atomic E-state index is 0.228. The van der Waals surface area contributed by atoms with Gasteiger partial charge in [0.05, 0.1) is 6.61 Å². The highest BCUT2D eigenvalue weighted by molar-refractivity contribution is 5.83. The fraction of sp³-hybridized carbons (Fsp3) is 0.429. The molecule has 0 atom stereocenters. The van der Waals surface area contributed by atoms with Crippen LogP contribution in [0.4, 0.5) is 0 Å². The fourth-order valence-corrected chi connectivity index (χ4v) is 2.22. The summed E-state index contributed by atoms with van der Waals surface area (Å²) in [4.78, 5) is 2.15. The number of aryl methyl sites for hydroxylation is 1. The van der Waals surface area contributed by atoms with Crippen LogP contribution in [0.25, 0.3) is 10.9 Å². The molecule has 0 aliphatic carbocycles. The van der Waals surface area contributed by atoms with E-state index in [1.807, 2.05) is 7.05 Å². The molecule has 92 valence electrons. The van der Waals surface area contributed by atoms with Gasteiger partial charge in [0.1, 0.15) is 0 Å². The predicted octanol–water partition coefficient (Wildman–Crippen LogP) is 1.64. The van der Waals surface area contributed by atoms with Gasteiger partial charge in [-0.15, -0.1) is 0 Å². The zero-order valence-electron chi connectivity index (χ0n) is 10.6. The lowest BCUT2D eigenvalue weighted by Gasteiger charge is -2.14. The van der Waals surface area contributed by atoms with E-state index in [1.54, 1.807) is 0 Å². The van der Waals surface area contributed by atoms with Gasteiger partial charge in [-0.1, -0.05) is 18.2 Å². The van der Waals surface area contributed by atoms with Crippen LogP contribution >= 0.6 is 0 Å². The zero-order valence-corrected chi connectivity index (χ0v) is 10.6. The van der Waals surface area contributed by atoms with Crippen molar-refractivity contribution in [2.45, 2.75) is 6.42 Å². The van der Waals surface area contributed by atoms with Crippen LogP contribution in [0.15, 0.2) is 30.5 Å². The van der Waals surface area contributed by atoms with Crippen molar-refractivity contribution in [2.75, 3.05) is 26.7 Å². The zero-order chi connectivity index (χ0) is 12.3. The van der Waals surface area contributed by atoms with Gasteiger partial charge in [0, 0.05) is 37.2 Å². The summed E-state index contributed by atoms with van der Waals surface area (Å²) in [5.41, 5.74) is 2.67. The fourth-order valence-electron chi connectivity index (χ4n) is 2.22. The Morgan fingerprint density at radius 2 is 2.00 bits per heavy atom. The lowest BCUT2D eigenvalue weighted by molar-refractivity contribution is 0.223. The van der Waals surface area contributed by atoms with Crippen LogP contribution in [0, 0.1) is 0 Å². The van der Waals surface area contributed by atoms with E-state index >= 15 is 0 Å². The first-order valence-electron chi connectivity index (χ1n) is 6.04. The second kappa shape index (κ2) is 5.34. The van der Waals surface area contributed by atoms with E-state index in [4.69, 9.17) is 5.11 Å². The first-order chi connectivity index (χ1) is 8.22. The third-order valence-electron chi connectivity index (χ3n) is 3.22. The molecule has 0 aliphatic rings. The number of aliphatic hydroxyl groups is 1.